The Labute approximate surface area is 109 Å². The van der Waals surface area contributed by atoms with E-state index >= 15 is 0 Å². The van der Waals surface area contributed by atoms with E-state index in [1.165, 1.54) is 6.07 Å². The van der Waals surface area contributed by atoms with Crippen molar-refractivity contribution in [2.45, 2.75) is 12.8 Å². The minimum atomic E-state index is -0.187. The fourth-order valence-corrected chi connectivity index (χ4v) is 2.46. The summed E-state index contributed by atoms with van der Waals surface area (Å²) in [6, 6.07) is 6.80. The lowest BCUT2D eigenvalue weighted by Gasteiger charge is -2.08. The number of fused-ring (bicyclic) bond motifs is 1. The molecule has 0 fully saturated rings. The molecular formula is C13H12FN3S. The van der Waals surface area contributed by atoms with Crippen LogP contribution in [0.5, 0.6) is 0 Å². The molecule has 0 bridgehead atoms. The lowest BCUT2D eigenvalue weighted by atomic mass is 10.0. The molecule has 92 valence electrons. The van der Waals surface area contributed by atoms with Crippen LogP contribution in [-0.4, -0.2) is 16.5 Å². The van der Waals surface area contributed by atoms with Gasteiger partial charge in [-0.25, -0.2) is 9.37 Å². The van der Waals surface area contributed by atoms with Crippen molar-refractivity contribution < 1.29 is 4.39 Å². The summed E-state index contributed by atoms with van der Waals surface area (Å²) in [6.07, 6.45) is 1.42. The Morgan fingerprint density at radius 3 is 3.00 bits per heavy atom. The van der Waals surface area contributed by atoms with E-state index in [9.17, 15) is 4.39 Å². The number of aromatic amines is 1. The molecule has 1 aromatic carbocycles. The van der Waals surface area contributed by atoms with Crippen molar-refractivity contribution in [3.05, 3.63) is 51.7 Å². The van der Waals surface area contributed by atoms with E-state index in [0.29, 0.717) is 16.8 Å². The highest BCUT2D eigenvalue weighted by atomic mass is 32.1. The molecule has 2 aromatic rings. The topological polar surface area (TPSA) is 40.7 Å². The third-order valence-corrected chi connectivity index (χ3v) is 3.31. The molecule has 5 heteroatoms. The van der Waals surface area contributed by atoms with Crippen LogP contribution in [0.4, 0.5) is 10.2 Å². The number of nitrogens with zero attached hydrogens (tertiary/aromatic N) is 1. The lowest BCUT2D eigenvalue weighted by Crippen LogP contribution is -2.02. The monoisotopic (exact) mass is 261 g/mol. The quantitative estimate of drug-likeness (QED) is 0.817. The molecule has 1 aliphatic heterocycles. The summed E-state index contributed by atoms with van der Waals surface area (Å²) in [7, 11) is 0. The number of H-pyrrole nitrogens is 1. The maximum atomic E-state index is 13.7. The Morgan fingerprint density at radius 1 is 1.33 bits per heavy atom. The number of nitrogens with one attached hydrogen (secondary N) is 2. The fourth-order valence-electron chi connectivity index (χ4n) is 2.25. The summed E-state index contributed by atoms with van der Waals surface area (Å²) >= 11 is 5.09. The minimum Gasteiger partial charge on any atom is -0.369 e. The van der Waals surface area contributed by atoms with Gasteiger partial charge in [0.15, 0.2) is 4.77 Å². The number of aromatic nitrogens is 2. The third kappa shape index (κ3) is 2.01. The molecule has 2 heterocycles. The van der Waals surface area contributed by atoms with E-state index in [-0.39, 0.29) is 5.82 Å². The van der Waals surface area contributed by atoms with Gasteiger partial charge in [0.05, 0.1) is 0 Å². The number of hydrogen-bond acceptors (Lipinski definition) is 3. The fraction of sp³-hybridized carbons (Fsp3) is 0.231. The van der Waals surface area contributed by atoms with E-state index in [1.807, 2.05) is 6.07 Å². The van der Waals surface area contributed by atoms with E-state index in [1.54, 1.807) is 12.1 Å². The first-order valence-corrected chi connectivity index (χ1v) is 6.24. The highest BCUT2D eigenvalue weighted by Crippen LogP contribution is 2.24. The maximum Gasteiger partial charge on any atom is 0.198 e. The number of anilines is 1. The SMILES string of the molecule is Fc1ccccc1Cc1[nH]c(=S)nc2c1CCN2. The molecule has 0 radical (unpaired) electrons. The van der Waals surface area contributed by atoms with Crippen LogP contribution < -0.4 is 5.32 Å². The number of hydrogen-bond donors (Lipinski definition) is 2. The van der Waals surface area contributed by atoms with Crippen molar-refractivity contribution in [3.63, 3.8) is 0 Å². The van der Waals surface area contributed by atoms with Crippen molar-refractivity contribution >= 4 is 18.0 Å². The van der Waals surface area contributed by atoms with Gasteiger partial charge in [-0.15, -0.1) is 0 Å². The van der Waals surface area contributed by atoms with Crippen molar-refractivity contribution in [1.29, 1.82) is 0 Å². The standard InChI is InChI=1S/C13H12FN3S/c14-10-4-2-1-3-8(10)7-11-9-5-6-15-12(9)17-13(18)16-11/h1-4H,5-7H2,(H2,15,16,17,18). The Hall–Kier alpha value is -1.75. The smallest absolute Gasteiger partial charge is 0.198 e. The van der Waals surface area contributed by atoms with Gasteiger partial charge >= 0.3 is 0 Å². The average molecular weight is 261 g/mol. The molecule has 3 nitrogen and oxygen atoms in total. The van der Waals surface area contributed by atoms with Gasteiger partial charge in [0, 0.05) is 24.2 Å². The first-order chi connectivity index (χ1) is 8.74. The van der Waals surface area contributed by atoms with Crippen molar-refractivity contribution in [2.24, 2.45) is 0 Å². The molecule has 3 rings (SSSR count). The van der Waals surface area contributed by atoms with E-state index in [4.69, 9.17) is 12.2 Å². The van der Waals surface area contributed by atoms with Gasteiger partial charge in [0.2, 0.25) is 0 Å². The second-order valence-corrected chi connectivity index (χ2v) is 4.68. The second-order valence-electron chi connectivity index (χ2n) is 4.29. The summed E-state index contributed by atoms with van der Waals surface area (Å²) in [5.74, 6) is 0.651. The molecule has 0 atom stereocenters. The first-order valence-electron chi connectivity index (χ1n) is 5.83. The molecule has 0 saturated carbocycles. The zero-order chi connectivity index (χ0) is 12.5. The van der Waals surface area contributed by atoms with Gasteiger partial charge in [-0.3, -0.25) is 0 Å². The number of benzene rings is 1. The van der Waals surface area contributed by atoms with Gasteiger partial charge < -0.3 is 10.3 Å². The van der Waals surface area contributed by atoms with Gasteiger partial charge in [0.1, 0.15) is 11.6 Å². The van der Waals surface area contributed by atoms with Crippen LogP contribution in [0, 0.1) is 10.6 Å². The van der Waals surface area contributed by atoms with E-state index in [0.717, 1.165) is 30.0 Å². The Morgan fingerprint density at radius 2 is 2.17 bits per heavy atom. The van der Waals surface area contributed by atoms with Gasteiger partial charge in [-0.2, -0.15) is 0 Å². The van der Waals surface area contributed by atoms with Crippen LogP contribution in [-0.2, 0) is 12.8 Å². The first kappa shape index (κ1) is 11.3. The van der Waals surface area contributed by atoms with Crippen molar-refractivity contribution in [2.75, 3.05) is 11.9 Å². The molecule has 0 saturated heterocycles. The van der Waals surface area contributed by atoms with Crippen LogP contribution in [0.15, 0.2) is 24.3 Å². The molecular weight excluding hydrogens is 249 g/mol. The van der Waals surface area contributed by atoms with Crippen LogP contribution in [0.25, 0.3) is 0 Å². The molecule has 1 aliphatic rings. The number of halogens is 1. The van der Waals surface area contributed by atoms with E-state index < -0.39 is 0 Å². The predicted octanol–water partition coefficient (Wildman–Crippen LogP) is 2.84. The van der Waals surface area contributed by atoms with Gasteiger partial charge in [-0.05, 0) is 30.3 Å². The van der Waals surface area contributed by atoms with Crippen molar-refractivity contribution in [3.8, 4) is 0 Å². The normalized spacial score (nSPS) is 13.2. The third-order valence-electron chi connectivity index (χ3n) is 3.11. The molecule has 0 unspecified atom stereocenters. The summed E-state index contributed by atoms with van der Waals surface area (Å²) < 4.78 is 14.1. The molecule has 1 aromatic heterocycles. The summed E-state index contributed by atoms with van der Waals surface area (Å²) in [4.78, 5) is 7.31. The molecule has 0 aliphatic carbocycles. The summed E-state index contributed by atoms with van der Waals surface area (Å²) in [6.45, 7) is 0.860. The Balaban J connectivity index is 2.04. The van der Waals surface area contributed by atoms with Crippen LogP contribution >= 0.6 is 12.2 Å². The zero-order valence-corrected chi connectivity index (χ0v) is 10.5. The Kier molecular flexibility index (Phi) is 2.83. The molecule has 18 heavy (non-hydrogen) atoms. The minimum absolute atomic E-state index is 0.187. The van der Waals surface area contributed by atoms with Crippen LogP contribution in [0.1, 0.15) is 16.8 Å². The summed E-state index contributed by atoms with van der Waals surface area (Å²) in [5, 5.41) is 3.19. The molecule has 0 amide bonds. The number of rotatable bonds is 2. The van der Waals surface area contributed by atoms with E-state index in [2.05, 4.69) is 15.3 Å². The molecule has 2 N–H and O–H groups in total. The average Bonchev–Trinajstić information content (AvgIpc) is 2.80. The summed E-state index contributed by atoms with van der Waals surface area (Å²) in [5.41, 5.74) is 2.75. The van der Waals surface area contributed by atoms with Gasteiger partial charge in [0.25, 0.3) is 0 Å². The van der Waals surface area contributed by atoms with Crippen LogP contribution in [0.2, 0.25) is 0 Å². The molecule has 0 spiro atoms. The highest BCUT2D eigenvalue weighted by molar-refractivity contribution is 7.71. The lowest BCUT2D eigenvalue weighted by molar-refractivity contribution is 0.613. The predicted molar refractivity (Wildman–Crippen MR) is 70.8 cm³/mol. The van der Waals surface area contributed by atoms with Crippen molar-refractivity contribution in [1.82, 2.24) is 9.97 Å². The zero-order valence-electron chi connectivity index (χ0n) is 9.66. The maximum absolute atomic E-state index is 13.7. The van der Waals surface area contributed by atoms with Crippen LogP contribution in [0.3, 0.4) is 0 Å². The largest absolute Gasteiger partial charge is 0.369 e. The highest BCUT2D eigenvalue weighted by Gasteiger charge is 2.17. The Bertz CT molecular complexity index is 651. The van der Waals surface area contributed by atoms with Gasteiger partial charge in [-0.1, -0.05) is 18.2 Å². The second kappa shape index (κ2) is 4.49.